The maximum absolute atomic E-state index is 11.9. The first-order valence-electron chi connectivity index (χ1n) is 6.57. The van der Waals surface area contributed by atoms with Crippen molar-refractivity contribution in [3.63, 3.8) is 0 Å². The van der Waals surface area contributed by atoms with E-state index in [0.717, 1.165) is 0 Å². The van der Waals surface area contributed by atoms with Gasteiger partial charge in [0, 0.05) is 0 Å². The number of carbonyl (C=O) groups is 4. The molecule has 0 saturated heterocycles. The number of ether oxygens (including phenoxy) is 1. The van der Waals surface area contributed by atoms with Gasteiger partial charge in [-0.2, -0.15) is 0 Å². The maximum atomic E-state index is 11.9. The van der Waals surface area contributed by atoms with Crippen LogP contribution in [0.2, 0.25) is 0 Å². The summed E-state index contributed by atoms with van der Waals surface area (Å²) in [6.45, 7) is 0. The van der Waals surface area contributed by atoms with Gasteiger partial charge in [-0.05, 0) is 0 Å². The minimum absolute atomic E-state index is 1.41. The molecule has 0 aromatic heterocycles. The van der Waals surface area contributed by atoms with Gasteiger partial charge in [0.1, 0.15) is 21.5 Å². The monoisotopic (exact) mass is 546 g/mol. The lowest BCUT2D eigenvalue weighted by molar-refractivity contribution is -0.159. The molecular formula is C12H10Cl8O7. The van der Waals surface area contributed by atoms with Gasteiger partial charge in [-0.1, -0.05) is 0 Å². The number of esters is 2. The lowest BCUT2D eigenvalue weighted by Gasteiger charge is -2.23. The second-order valence-electron chi connectivity index (χ2n) is 4.80. The fourth-order valence-electron chi connectivity index (χ4n) is 1.39. The van der Waals surface area contributed by atoms with Crippen LogP contribution >= 0.6 is 92.8 Å². The molecule has 8 atom stereocenters. The van der Waals surface area contributed by atoms with Crippen molar-refractivity contribution in [2.75, 3.05) is 0 Å². The van der Waals surface area contributed by atoms with Crippen molar-refractivity contribution >= 4 is 117 Å². The summed E-state index contributed by atoms with van der Waals surface area (Å²) in [5.74, 6) is -5.85. The molecule has 2 N–H and O–H groups in total. The third-order valence-corrected chi connectivity index (χ3v) is 7.53. The molecule has 156 valence electrons. The van der Waals surface area contributed by atoms with Gasteiger partial charge in [0.05, 0.1) is 21.5 Å². The van der Waals surface area contributed by atoms with Crippen LogP contribution in [0.3, 0.4) is 0 Å². The van der Waals surface area contributed by atoms with E-state index in [1.807, 2.05) is 0 Å². The molecule has 7 nitrogen and oxygen atoms in total. The zero-order valence-corrected chi connectivity index (χ0v) is 18.6. The van der Waals surface area contributed by atoms with Gasteiger partial charge in [0.15, 0.2) is 0 Å². The lowest BCUT2D eigenvalue weighted by atomic mass is 10.1. The number of carboxylic acids is 2. The third kappa shape index (κ3) is 7.97. The molecule has 0 amide bonds. The van der Waals surface area contributed by atoms with E-state index >= 15 is 0 Å². The standard InChI is InChI=1S/C12H10Cl8O7/c13-1(5(17)9(21)22)3(15)7(19)11(25)27-12(26)8(20)4(16)2(14)6(18)10(23)24/h1-8H,(H,21,22)(H,23,24). The van der Waals surface area contributed by atoms with Crippen LogP contribution in [0, 0.1) is 0 Å². The summed E-state index contributed by atoms with van der Waals surface area (Å²) in [5.41, 5.74) is 0. The molecule has 15 heteroatoms. The maximum Gasteiger partial charge on any atom is 0.333 e. The largest absolute Gasteiger partial charge is 0.480 e. The average molecular weight is 550 g/mol. The number of carbonyl (C=O) groups excluding carboxylic acids is 2. The molecule has 0 aliphatic heterocycles. The van der Waals surface area contributed by atoms with Gasteiger partial charge in [-0.3, -0.25) is 9.59 Å². The Balaban J connectivity index is 4.95. The third-order valence-electron chi connectivity index (χ3n) is 2.85. The molecule has 27 heavy (non-hydrogen) atoms. The van der Waals surface area contributed by atoms with E-state index in [0.29, 0.717) is 0 Å². The number of aliphatic carboxylic acids is 2. The van der Waals surface area contributed by atoms with Gasteiger partial charge in [0.2, 0.25) is 0 Å². The van der Waals surface area contributed by atoms with E-state index in [4.69, 9.17) is 103 Å². The van der Waals surface area contributed by atoms with Crippen molar-refractivity contribution in [2.45, 2.75) is 43.0 Å². The fourth-order valence-corrected chi connectivity index (χ4v) is 3.41. The van der Waals surface area contributed by atoms with Crippen molar-refractivity contribution in [1.29, 1.82) is 0 Å². The lowest BCUT2D eigenvalue weighted by Crippen LogP contribution is -2.44. The van der Waals surface area contributed by atoms with Gasteiger partial charge in [0.25, 0.3) is 0 Å². The summed E-state index contributed by atoms with van der Waals surface area (Å²) in [7, 11) is 0. The van der Waals surface area contributed by atoms with Gasteiger partial charge in [-0.15, -0.1) is 92.8 Å². The molecule has 0 bridgehead atoms. The summed E-state index contributed by atoms with van der Waals surface area (Å²) in [6.07, 6.45) is 0. The van der Waals surface area contributed by atoms with Crippen LogP contribution in [0.1, 0.15) is 0 Å². The van der Waals surface area contributed by atoms with E-state index < -0.39 is 66.9 Å². The SMILES string of the molecule is O=C(O)C(Cl)C(Cl)C(Cl)C(Cl)C(=O)OC(=O)C(Cl)C(Cl)C(Cl)C(Cl)C(=O)O. The molecule has 0 aromatic carbocycles. The molecule has 0 aromatic rings. The Bertz CT molecular complexity index is 528. The van der Waals surface area contributed by atoms with E-state index in [9.17, 15) is 19.2 Å². The molecule has 0 saturated carbocycles. The van der Waals surface area contributed by atoms with E-state index in [-0.39, 0.29) is 0 Å². The van der Waals surface area contributed by atoms with Gasteiger partial charge >= 0.3 is 23.9 Å². The zero-order chi connectivity index (χ0) is 21.6. The van der Waals surface area contributed by atoms with Crippen molar-refractivity contribution in [2.24, 2.45) is 0 Å². The molecule has 0 heterocycles. The number of hydrogen-bond donors (Lipinski definition) is 2. The van der Waals surface area contributed by atoms with Crippen molar-refractivity contribution in [3.8, 4) is 0 Å². The second-order valence-corrected chi connectivity index (χ2v) is 8.70. The van der Waals surface area contributed by atoms with E-state index in [1.54, 1.807) is 0 Å². The molecule has 0 aliphatic rings. The highest BCUT2D eigenvalue weighted by Gasteiger charge is 2.42. The van der Waals surface area contributed by atoms with Crippen molar-refractivity contribution in [1.82, 2.24) is 0 Å². The van der Waals surface area contributed by atoms with Gasteiger partial charge < -0.3 is 14.9 Å². The highest BCUT2D eigenvalue weighted by atomic mass is 35.5. The Hall–Kier alpha value is 0.400. The molecular weight excluding hydrogens is 540 g/mol. The second kappa shape index (κ2) is 12.2. The summed E-state index contributed by atoms with van der Waals surface area (Å²) in [4.78, 5) is 45.3. The van der Waals surface area contributed by atoms with Crippen molar-refractivity contribution in [3.05, 3.63) is 0 Å². The minimum atomic E-state index is -1.78. The summed E-state index contributed by atoms with van der Waals surface area (Å²) < 4.78 is 4.39. The van der Waals surface area contributed by atoms with Crippen LogP contribution in [-0.2, 0) is 23.9 Å². The number of halogens is 8. The molecule has 0 rings (SSSR count). The first-order chi connectivity index (χ1) is 12.2. The Morgan fingerprint density at radius 1 is 0.519 bits per heavy atom. The highest BCUT2D eigenvalue weighted by molar-refractivity contribution is 6.45. The highest BCUT2D eigenvalue weighted by Crippen LogP contribution is 2.27. The zero-order valence-electron chi connectivity index (χ0n) is 12.6. The van der Waals surface area contributed by atoms with Crippen molar-refractivity contribution < 1.29 is 34.1 Å². The predicted molar refractivity (Wildman–Crippen MR) is 103 cm³/mol. The predicted octanol–water partition coefficient (Wildman–Crippen LogP) is 3.08. The van der Waals surface area contributed by atoms with Crippen LogP contribution < -0.4 is 0 Å². The van der Waals surface area contributed by atoms with Crippen LogP contribution in [0.5, 0.6) is 0 Å². The van der Waals surface area contributed by atoms with Gasteiger partial charge in [-0.25, -0.2) is 9.59 Å². The number of alkyl halides is 8. The first-order valence-corrected chi connectivity index (χ1v) is 10.1. The molecule has 8 unspecified atom stereocenters. The normalized spacial score (nSPS) is 20.3. The van der Waals surface area contributed by atoms with Crippen LogP contribution in [-0.4, -0.2) is 77.1 Å². The Labute approximate surface area is 193 Å². The smallest absolute Gasteiger partial charge is 0.333 e. The summed E-state index contributed by atoms with van der Waals surface area (Å²) in [5, 5.41) is 4.53. The topological polar surface area (TPSA) is 118 Å². The molecule has 0 fully saturated rings. The van der Waals surface area contributed by atoms with Crippen LogP contribution in [0.15, 0.2) is 0 Å². The molecule has 0 spiro atoms. The minimum Gasteiger partial charge on any atom is -0.480 e. The van der Waals surface area contributed by atoms with Crippen LogP contribution in [0.4, 0.5) is 0 Å². The fraction of sp³-hybridized carbons (Fsp3) is 0.667. The Kier molecular flexibility index (Phi) is 12.4. The molecule has 0 aliphatic carbocycles. The Morgan fingerprint density at radius 2 is 0.741 bits per heavy atom. The quantitative estimate of drug-likeness (QED) is 0.244. The van der Waals surface area contributed by atoms with Crippen LogP contribution in [0.25, 0.3) is 0 Å². The number of carboxylic acid groups (broad SMARTS) is 2. The van der Waals surface area contributed by atoms with E-state index in [1.165, 1.54) is 0 Å². The number of rotatable bonds is 10. The summed E-state index contributed by atoms with van der Waals surface area (Å²) in [6, 6.07) is 0. The summed E-state index contributed by atoms with van der Waals surface area (Å²) >= 11 is 45.4. The number of hydrogen-bond acceptors (Lipinski definition) is 5. The van der Waals surface area contributed by atoms with E-state index in [2.05, 4.69) is 4.74 Å². The first kappa shape index (κ1) is 27.4. The average Bonchev–Trinajstić information content (AvgIpc) is 2.62. The molecule has 0 radical (unpaired) electrons. The Morgan fingerprint density at radius 3 is 0.963 bits per heavy atom.